The molecule has 0 spiro atoms. The van der Waals surface area contributed by atoms with Gasteiger partial charge in [-0.15, -0.1) is 0 Å². The van der Waals surface area contributed by atoms with E-state index in [1.807, 2.05) is 6.07 Å². The van der Waals surface area contributed by atoms with Crippen LogP contribution in [-0.4, -0.2) is 34.4 Å². The molecule has 0 aliphatic carbocycles. The maximum absolute atomic E-state index is 12.3. The summed E-state index contributed by atoms with van der Waals surface area (Å²) in [6, 6.07) is 11.5. The van der Waals surface area contributed by atoms with Crippen LogP contribution in [0.2, 0.25) is 5.02 Å². The Morgan fingerprint density at radius 2 is 1.92 bits per heavy atom. The first-order valence-electron chi connectivity index (χ1n) is 7.36. The van der Waals surface area contributed by atoms with Crippen molar-refractivity contribution in [3.05, 3.63) is 58.6 Å². The van der Waals surface area contributed by atoms with Crippen LogP contribution in [0.4, 0.5) is 5.69 Å². The van der Waals surface area contributed by atoms with E-state index in [4.69, 9.17) is 16.3 Å². The molecule has 0 aromatic heterocycles. The number of hydrogen-bond acceptors (Lipinski definition) is 5. The van der Waals surface area contributed by atoms with Crippen molar-refractivity contribution >= 4 is 33.3 Å². The first kappa shape index (κ1) is 19.1. The minimum atomic E-state index is -3.60. The van der Waals surface area contributed by atoms with E-state index in [0.717, 1.165) is 5.56 Å². The average Bonchev–Trinajstić information content (AvgIpc) is 2.61. The van der Waals surface area contributed by atoms with Crippen LogP contribution in [0, 0.1) is 0 Å². The Morgan fingerprint density at radius 1 is 1.16 bits per heavy atom. The predicted molar refractivity (Wildman–Crippen MR) is 96.9 cm³/mol. The average molecular weight is 384 g/mol. The van der Waals surface area contributed by atoms with Crippen LogP contribution in [0.1, 0.15) is 15.9 Å². The molecule has 0 amide bonds. The van der Waals surface area contributed by atoms with Crippen LogP contribution < -0.4 is 9.46 Å². The summed E-state index contributed by atoms with van der Waals surface area (Å²) in [5, 5.41) is 0.186. The van der Waals surface area contributed by atoms with Gasteiger partial charge in [0, 0.05) is 5.69 Å². The molecule has 0 radical (unpaired) electrons. The molecule has 0 saturated heterocycles. The molecular formula is C17H18ClNO5S. The molecule has 2 aromatic carbocycles. The van der Waals surface area contributed by atoms with Gasteiger partial charge in [-0.25, -0.2) is 13.2 Å². The summed E-state index contributed by atoms with van der Waals surface area (Å²) in [5.41, 5.74) is 1.18. The van der Waals surface area contributed by atoms with E-state index >= 15 is 0 Å². The third-order valence-electron chi connectivity index (χ3n) is 3.44. The van der Waals surface area contributed by atoms with Gasteiger partial charge in [0.15, 0.2) is 0 Å². The van der Waals surface area contributed by atoms with Gasteiger partial charge in [-0.1, -0.05) is 23.7 Å². The molecule has 0 heterocycles. The van der Waals surface area contributed by atoms with Gasteiger partial charge in [-0.2, -0.15) is 0 Å². The summed E-state index contributed by atoms with van der Waals surface area (Å²) in [5.74, 6) is -0.0817. The molecule has 0 fully saturated rings. The zero-order valence-corrected chi connectivity index (χ0v) is 15.4. The van der Waals surface area contributed by atoms with Gasteiger partial charge in [-0.3, -0.25) is 4.72 Å². The van der Waals surface area contributed by atoms with Crippen LogP contribution in [0.25, 0.3) is 0 Å². The van der Waals surface area contributed by atoms with Crippen LogP contribution in [-0.2, 0) is 21.2 Å². The lowest BCUT2D eigenvalue weighted by Gasteiger charge is -2.10. The zero-order chi connectivity index (χ0) is 18.4. The summed E-state index contributed by atoms with van der Waals surface area (Å²) >= 11 is 5.92. The quantitative estimate of drug-likeness (QED) is 0.743. The molecule has 2 rings (SSSR count). The smallest absolute Gasteiger partial charge is 0.339 e. The summed E-state index contributed by atoms with van der Waals surface area (Å²) in [6.07, 6.45) is 0.323. The highest BCUT2D eigenvalue weighted by Crippen LogP contribution is 2.22. The Bertz CT molecular complexity index is 867. The standard InChI is InChI=1S/C17H18ClNO5S/c1-23-14-5-3-4-12(10-14)8-9-25(21,22)19-13-6-7-16(18)15(11-13)17(20)24-2/h3-7,10-11,19H,8-9H2,1-2H3. The molecule has 134 valence electrons. The van der Waals surface area contributed by atoms with Gasteiger partial charge < -0.3 is 9.47 Å². The van der Waals surface area contributed by atoms with Crippen molar-refractivity contribution in [3.63, 3.8) is 0 Å². The lowest BCUT2D eigenvalue weighted by atomic mass is 10.2. The second-order valence-electron chi connectivity index (χ2n) is 5.21. The third-order valence-corrected chi connectivity index (χ3v) is 5.06. The zero-order valence-electron chi connectivity index (χ0n) is 13.8. The van der Waals surface area contributed by atoms with Crippen molar-refractivity contribution in [2.24, 2.45) is 0 Å². The Kier molecular flexibility index (Phi) is 6.27. The molecule has 0 atom stereocenters. The fourth-order valence-electron chi connectivity index (χ4n) is 2.17. The molecular weight excluding hydrogens is 366 g/mol. The number of sulfonamides is 1. The second-order valence-corrected chi connectivity index (χ2v) is 7.46. The lowest BCUT2D eigenvalue weighted by Crippen LogP contribution is -2.18. The topological polar surface area (TPSA) is 81.7 Å². The van der Waals surface area contributed by atoms with E-state index < -0.39 is 16.0 Å². The molecule has 0 aliphatic heterocycles. The van der Waals surface area contributed by atoms with E-state index in [0.29, 0.717) is 12.2 Å². The number of esters is 1. The highest BCUT2D eigenvalue weighted by atomic mass is 35.5. The number of hydrogen-bond donors (Lipinski definition) is 1. The number of benzene rings is 2. The molecule has 2 aromatic rings. The number of halogens is 1. The number of ether oxygens (including phenoxy) is 2. The van der Waals surface area contributed by atoms with Crippen molar-refractivity contribution in [2.45, 2.75) is 6.42 Å². The second kappa shape index (κ2) is 8.22. The monoisotopic (exact) mass is 383 g/mol. The van der Waals surface area contributed by atoms with Crippen molar-refractivity contribution in [3.8, 4) is 5.75 Å². The number of carbonyl (C=O) groups excluding carboxylic acids is 1. The number of nitrogens with one attached hydrogen (secondary N) is 1. The van der Waals surface area contributed by atoms with Gasteiger partial charge in [-0.05, 0) is 42.3 Å². The number of aryl methyl sites for hydroxylation is 1. The minimum Gasteiger partial charge on any atom is -0.497 e. The van der Waals surface area contributed by atoms with Crippen molar-refractivity contribution in [1.29, 1.82) is 0 Å². The van der Waals surface area contributed by atoms with Crippen LogP contribution in [0.15, 0.2) is 42.5 Å². The normalized spacial score (nSPS) is 11.0. The Morgan fingerprint density at radius 3 is 2.60 bits per heavy atom. The predicted octanol–water partition coefficient (Wildman–Crippen LogP) is 3.12. The number of methoxy groups -OCH3 is 2. The molecule has 8 heteroatoms. The molecule has 1 N–H and O–H groups in total. The maximum Gasteiger partial charge on any atom is 0.339 e. The summed E-state index contributed by atoms with van der Waals surface area (Å²) in [6.45, 7) is 0. The fraction of sp³-hybridized carbons (Fsp3) is 0.235. The Balaban J connectivity index is 2.09. The highest BCUT2D eigenvalue weighted by molar-refractivity contribution is 7.92. The fourth-order valence-corrected chi connectivity index (χ4v) is 3.45. The van der Waals surface area contributed by atoms with E-state index in [1.54, 1.807) is 25.3 Å². The number of rotatable bonds is 7. The maximum atomic E-state index is 12.3. The van der Waals surface area contributed by atoms with Crippen molar-refractivity contribution in [2.75, 3.05) is 24.7 Å². The van der Waals surface area contributed by atoms with Crippen LogP contribution in [0.3, 0.4) is 0 Å². The molecule has 6 nitrogen and oxygen atoms in total. The minimum absolute atomic E-state index is 0.0946. The SMILES string of the molecule is COC(=O)c1cc(NS(=O)(=O)CCc2cccc(OC)c2)ccc1Cl. The van der Waals surface area contributed by atoms with Crippen molar-refractivity contribution in [1.82, 2.24) is 0 Å². The van der Waals surface area contributed by atoms with Gasteiger partial charge in [0.1, 0.15) is 5.75 Å². The molecule has 25 heavy (non-hydrogen) atoms. The van der Waals surface area contributed by atoms with E-state index in [2.05, 4.69) is 9.46 Å². The Labute approximate surface area is 151 Å². The first-order chi connectivity index (χ1) is 11.8. The largest absolute Gasteiger partial charge is 0.497 e. The molecule has 0 aliphatic rings. The summed E-state index contributed by atoms with van der Waals surface area (Å²) in [7, 11) is -0.822. The van der Waals surface area contributed by atoms with Gasteiger partial charge in [0.2, 0.25) is 10.0 Å². The summed E-state index contributed by atoms with van der Waals surface area (Å²) in [4.78, 5) is 11.6. The van der Waals surface area contributed by atoms with Crippen LogP contribution in [0.5, 0.6) is 5.75 Å². The van der Waals surface area contributed by atoms with Crippen LogP contribution >= 0.6 is 11.6 Å². The van der Waals surface area contributed by atoms with Gasteiger partial charge in [0.25, 0.3) is 0 Å². The molecule has 0 bridgehead atoms. The lowest BCUT2D eigenvalue weighted by molar-refractivity contribution is 0.0601. The van der Waals surface area contributed by atoms with Gasteiger partial charge >= 0.3 is 5.97 Å². The van der Waals surface area contributed by atoms with Gasteiger partial charge in [0.05, 0.1) is 30.6 Å². The number of carbonyl (C=O) groups is 1. The Hall–Kier alpha value is -2.25. The van der Waals surface area contributed by atoms with Crippen molar-refractivity contribution < 1.29 is 22.7 Å². The highest BCUT2D eigenvalue weighted by Gasteiger charge is 2.15. The first-order valence-corrected chi connectivity index (χ1v) is 9.39. The van der Waals surface area contributed by atoms with E-state index in [-0.39, 0.29) is 22.0 Å². The summed E-state index contributed by atoms with van der Waals surface area (Å²) < 4.78 is 36.7. The number of anilines is 1. The van der Waals surface area contributed by atoms with E-state index in [1.165, 1.54) is 25.3 Å². The third kappa shape index (κ3) is 5.37. The molecule has 0 saturated carbocycles. The molecule has 0 unspecified atom stereocenters. The van der Waals surface area contributed by atoms with E-state index in [9.17, 15) is 13.2 Å².